The van der Waals surface area contributed by atoms with Gasteiger partial charge in [0.25, 0.3) is 0 Å². The third-order valence-electron chi connectivity index (χ3n) is 6.23. The average Bonchev–Trinajstić information content (AvgIpc) is 2.91. The highest BCUT2D eigenvalue weighted by Crippen LogP contribution is 2.19. The number of carbonyl (C=O) groups excluding carboxylic acids is 1. The Labute approximate surface area is 153 Å². The van der Waals surface area contributed by atoms with Gasteiger partial charge in [-0.2, -0.15) is 0 Å². The Balaban J connectivity index is 1.41. The van der Waals surface area contributed by atoms with Crippen LogP contribution in [0.2, 0.25) is 0 Å². The molecule has 1 saturated heterocycles. The molecule has 0 aromatic heterocycles. The van der Waals surface area contributed by atoms with Crippen molar-refractivity contribution in [1.82, 2.24) is 5.32 Å². The van der Waals surface area contributed by atoms with E-state index in [1.165, 1.54) is 50.6 Å². The molecule has 1 aliphatic heterocycles. The van der Waals surface area contributed by atoms with Crippen molar-refractivity contribution in [3.05, 3.63) is 35.9 Å². The maximum absolute atomic E-state index is 12.6. The molecule has 0 bridgehead atoms. The Morgan fingerprint density at radius 2 is 1.68 bits per heavy atom. The number of quaternary nitrogens is 1. The van der Waals surface area contributed by atoms with Gasteiger partial charge < -0.3 is 10.2 Å². The molecule has 1 saturated carbocycles. The number of benzene rings is 1. The highest BCUT2D eigenvalue weighted by Gasteiger charge is 2.29. The molecule has 3 nitrogen and oxygen atoms in total. The van der Waals surface area contributed by atoms with Crippen LogP contribution in [0.3, 0.4) is 0 Å². The lowest BCUT2D eigenvalue weighted by Gasteiger charge is -2.31. The van der Waals surface area contributed by atoms with E-state index in [-0.39, 0.29) is 5.92 Å². The largest absolute Gasteiger partial charge is 0.353 e. The molecule has 1 aliphatic carbocycles. The predicted molar refractivity (Wildman–Crippen MR) is 103 cm³/mol. The van der Waals surface area contributed by atoms with Gasteiger partial charge in [0.15, 0.2) is 0 Å². The average molecular weight is 344 g/mol. The quantitative estimate of drug-likeness (QED) is 0.792. The Bertz CT molecular complexity index is 514. The lowest BCUT2D eigenvalue weighted by Crippen LogP contribution is -3.13. The summed E-state index contributed by atoms with van der Waals surface area (Å²) < 4.78 is 0. The van der Waals surface area contributed by atoms with Crippen molar-refractivity contribution in [2.45, 2.75) is 70.3 Å². The molecule has 1 amide bonds. The Hall–Kier alpha value is -1.35. The van der Waals surface area contributed by atoms with Gasteiger partial charge in [0.05, 0.1) is 19.6 Å². The van der Waals surface area contributed by atoms with Crippen LogP contribution in [0.5, 0.6) is 0 Å². The zero-order valence-electron chi connectivity index (χ0n) is 15.8. The molecule has 1 heterocycles. The molecule has 1 aromatic rings. The molecule has 1 atom stereocenters. The number of carbonyl (C=O) groups is 1. The van der Waals surface area contributed by atoms with Crippen molar-refractivity contribution >= 4 is 5.91 Å². The second-order valence-corrected chi connectivity index (χ2v) is 8.24. The molecule has 138 valence electrons. The van der Waals surface area contributed by atoms with E-state index in [1.54, 1.807) is 4.90 Å². The summed E-state index contributed by atoms with van der Waals surface area (Å²) in [7, 11) is 0. The first-order valence-corrected chi connectivity index (χ1v) is 10.4. The van der Waals surface area contributed by atoms with Crippen LogP contribution >= 0.6 is 0 Å². The summed E-state index contributed by atoms with van der Waals surface area (Å²) in [4.78, 5) is 14.3. The molecular weight excluding hydrogens is 308 g/mol. The van der Waals surface area contributed by atoms with E-state index in [0.29, 0.717) is 17.9 Å². The van der Waals surface area contributed by atoms with Crippen LogP contribution in [0.25, 0.3) is 0 Å². The fraction of sp³-hybridized carbons (Fsp3) is 0.682. The van der Waals surface area contributed by atoms with E-state index < -0.39 is 0 Å². The number of hydrogen-bond donors (Lipinski definition) is 2. The van der Waals surface area contributed by atoms with Crippen LogP contribution in [0, 0.1) is 5.92 Å². The summed E-state index contributed by atoms with van der Waals surface area (Å²) in [6, 6.07) is 11.3. The fourth-order valence-corrected chi connectivity index (χ4v) is 4.57. The van der Waals surface area contributed by atoms with Crippen LogP contribution in [0.1, 0.15) is 69.8 Å². The van der Waals surface area contributed by atoms with Crippen molar-refractivity contribution in [2.24, 2.45) is 5.92 Å². The van der Waals surface area contributed by atoms with Crippen LogP contribution in [-0.2, 0) is 4.79 Å². The third-order valence-corrected chi connectivity index (χ3v) is 6.23. The minimum atomic E-state index is 0.249. The van der Waals surface area contributed by atoms with Crippen molar-refractivity contribution in [3.8, 4) is 0 Å². The summed E-state index contributed by atoms with van der Waals surface area (Å²) in [6.07, 6.45) is 9.72. The maximum atomic E-state index is 12.6. The minimum absolute atomic E-state index is 0.249. The first-order chi connectivity index (χ1) is 12.2. The SMILES string of the molecule is C[C@H](C[NH+]1CCC(C(=O)NC2CCCCCC2)CC1)c1ccccc1. The van der Waals surface area contributed by atoms with Gasteiger partial charge in [-0.1, -0.05) is 62.9 Å². The lowest BCUT2D eigenvalue weighted by atomic mass is 9.93. The highest BCUT2D eigenvalue weighted by atomic mass is 16.1. The summed E-state index contributed by atoms with van der Waals surface area (Å²) in [5, 5.41) is 3.36. The summed E-state index contributed by atoms with van der Waals surface area (Å²) in [5.41, 5.74) is 1.43. The number of nitrogens with one attached hydrogen (secondary N) is 2. The zero-order valence-corrected chi connectivity index (χ0v) is 15.8. The molecule has 0 unspecified atom stereocenters. The van der Waals surface area contributed by atoms with Crippen LogP contribution in [-0.4, -0.2) is 31.6 Å². The fourth-order valence-electron chi connectivity index (χ4n) is 4.57. The Morgan fingerprint density at radius 3 is 2.32 bits per heavy atom. The second-order valence-electron chi connectivity index (χ2n) is 8.24. The lowest BCUT2D eigenvalue weighted by molar-refractivity contribution is -0.907. The summed E-state index contributed by atoms with van der Waals surface area (Å²) in [5.74, 6) is 1.17. The van der Waals surface area contributed by atoms with Crippen LogP contribution < -0.4 is 10.2 Å². The van der Waals surface area contributed by atoms with Crippen LogP contribution in [0.4, 0.5) is 0 Å². The van der Waals surface area contributed by atoms with Gasteiger partial charge in [0.1, 0.15) is 0 Å². The standard InChI is InChI=1S/C22H34N2O/c1-18(19-9-5-4-6-10-19)17-24-15-13-20(14-16-24)22(25)23-21-11-7-2-3-8-12-21/h4-6,9-10,18,20-21H,2-3,7-8,11-17H2,1H3,(H,23,25)/p+1/t18-/m1/s1. The van der Waals surface area contributed by atoms with Crippen LogP contribution in [0.15, 0.2) is 30.3 Å². The second kappa shape index (κ2) is 9.38. The van der Waals surface area contributed by atoms with Gasteiger partial charge >= 0.3 is 0 Å². The van der Waals surface area contributed by atoms with Gasteiger partial charge in [-0.25, -0.2) is 0 Å². The molecule has 2 fully saturated rings. The summed E-state index contributed by atoms with van der Waals surface area (Å²) in [6.45, 7) is 5.79. The number of piperidine rings is 1. The smallest absolute Gasteiger partial charge is 0.223 e. The van der Waals surface area contributed by atoms with Gasteiger partial charge in [0.2, 0.25) is 5.91 Å². The van der Waals surface area contributed by atoms with E-state index in [9.17, 15) is 4.79 Å². The molecule has 3 rings (SSSR count). The van der Waals surface area contributed by atoms with Gasteiger partial charge in [-0.15, -0.1) is 0 Å². The van der Waals surface area contributed by atoms with E-state index in [0.717, 1.165) is 25.9 Å². The molecule has 2 N–H and O–H groups in total. The van der Waals surface area contributed by atoms with Crippen molar-refractivity contribution < 1.29 is 9.69 Å². The van der Waals surface area contributed by atoms with E-state index >= 15 is 0 Å². The molecular formula is C22H35N2O+. The normalized spacial score (nSPS) is 26.6. The summed E-state index contributed by atoms with van der Waals surface area (Å²) >= 11 is 0. The Morgan fingerprint density at radius 1 is 1.04 bits per heavy atom. The monoisotopic (exact) mass is 343 g/mol. The van der Waals surface area contributed by atoms with E-state index in [4.69, 9.17) is 0 Å². The highest BCUT2D eigenvalue weighted by molar-refractivity contribution is 5.79. The topological polar surface area (TPSA) is 33.5 Å². The van der Waals surface area contributed by atoms with Gasteiger partial charge in [-0.3, -0.25) is 4.79 Å². The predicted octanol–water partition coefficient (Wildman–Crippen LogP) is 2.92. The zero-order chi connectivity index (χ0) is 17.5. The molecule has 2 aliphatic rings. The first-order valence-electron chi connectivity index (χ1n) is 10.4. The van der Waals surface area contributed by atoms with Crippen molar-refractivity contribution in [2.75, 3.05) is 19.6 Å². The van der Waals surface area contributed by atoms with E-state index in [2.05, 4.69) is 42.6 Å². The van der Waals surface area contributed by atoms with E-state index in [1.807, 2.05) is 0 Å². The first kappa shape index (κ1) is 18.4. The van der Waals surface area contributed by atoms with Gasteiger partial charge in [0, 0.05) is 30.7 Å². The molecule has 3 heteroatoms. The molecule has 25 heavy (non-hydrogen) atoms. The molecule has 1 aromatic carbocycles. The minimum Gasteiger partial charge on any atom is -0.353 e. The molecule has 0 radical (unpaired) electrons. The van der Waals surface area contributed by atoms with Crippen molar-refractivity contribution in [1.29, 1.82) is 0 Å². The number of hydrogen-bond acceptors (Lipinski definition) is 1. The number of amides is 1. The third kappa shape index (κ3) is 5.57. The Kier molecular flexibility index (Phi) is 6.92. The van der Waals surface area contributed by atoms with Gasteiger partial charge in [-0.05, 0) is 18.4 Å². The number of likely N-dealkylation sites (tertiary alicyclic amines) is 1. The number of rotatable bonds is 5. The molecule has 0 spiro atoms. The van der Waals surface area contributed by atoms with Crippen molar-refractivity contribution in [3.63, 3.8) is 0 Å². The maximum Gasteiger partial charge on any atom is 0.223 e.